The van der Waals surface area contributed by atoms with Crippen molar-refractivity contribution in [2.75, 3.05) is 0 Å². The molecule has 0 saturated heterocycles. The van der Waals surface area contributed by atoms with Crippen LogP contribution in [0.25, 0.3) is 0 Å². The largest absolute Gasteiger partial charge is 1.00 e. The first kappa shape index (κ1) is 10.9. The van der Waals surface area contributed by atoms with Crippen molar-refractivity contribution in [2.24, 2.45) is 7.05 Å². The number of unbranched alkanes of at least 4 members (excludes halogenated alkanes) is 1. The molecule has 0 aromatic carbocycles. The molecule has 3 nitrogen and oxygen atoms in total. The fourth-order valence-corrected chi connectivity index (χ4v) is 0.854. The normalized spacial score (nSPS) is 9.27. The predicted molar refractivity (Wildman–Crippen MR) is 38.3 cm³/mol. The number of aryl methyl sites for hydroxylation is 2. The second kappa shape index (κ2) is 5.51. The summed E-state index contributed by atoms with van der Waals surface area (Å²) >= 11 is 0. The predicted octanol–water partition coefficient (Wildman–Crippen LogP) is -2.49. The van der Waals surface area contributed by atoms with Gasteiger partial charge >= 0.3 is 0 Å². The summed E-state index contributed by atoms with van der Waals surface area (Å²) in [5.41, 5.74) is 0. The Kier molecular flexibility index (Phi) is 5.45. The van der Waals surface area contributed by atoms with Crippen LogP contribution in [0.1, 0.15) is 19.8 Å². The van der Waals surface area contributed by atoms with E-state index in [9.17, 15) is 0 Å². The fraction of sp³-hybridized carbons (Fsp3) is 0.714. The quantitative estimate of drug-likeness (QED) is 0.439. The maximum atomic E-state index is 4.18. The van der Waals surface area contributed by atoms with Crippen LogP contribution in [0.2, 0.25) is 0 Å². The Labute approximate surface area is 84.4 Å². The summed E-state index contributed by atoms with van der Waals surface area (Å²) in [7, 11) is 1.93. The number of rotatable bonds is 3. The van der Waals surface area contributed by atoms with Gasteiger partial charge in [0.15, 0.2) is 12.4 Å². The summed E-state index contributed by atoms with van der Waals surface area (Å²) in [5.74, 6) is 0. The van der Waals surface area contributed by atoms with Crippen molar-refractivity contribution < 1.29 is 28.7 Å². The number of nitrogens with zero attached hydrogens (tertiary/aromatic N) is 3. The molecule has 0 aliphatic rings. The molecule has 0 bridgehead atoms. The molecule has 1 rings (SSSR count). The molecule has 4 heteroatoms. The van der Waals surface area contributed by atoms with Crippen molar-refractivity contribution in [1.82, 2.24) is 9.90 Å². The molecule has 11 heavy (non-hydrogen) atoms. The van der Waals surface area contributed by atoms with Crippen LogP contribution in [0.3, 0.4) is 0 Å². The monoisotopic (exact) mass is 267 g/mol. The van der Waals surface area contributed by atoms with E-state index in [-0.39, 0.29) is 24.0 Å². The molecule has 0 fully saturated rings. The summed E-state index contributed by atoms with van der Waals surface area (Å²) in [6, 6.07) is 0. The van der Waals surface area contributed by atoms with Gasteiger partial charge in [-0.2, -0.15) is 0 Å². The van der Waals surface area contributed by atoms with Gasteiger partial charge in [0.05, 0.1) is 5.21 Å². The molecular formula is C7H14IN3. The summed E-state index contributed by atoms with van der Waals surface area (Å²) in [4.78, 5) is 0. The van der Waals surface area contributed by atoms with Crippen LogP contribution < -0.4 is 28.7 Å². The van der Waals surface area contributed by atoms with E-state index in [0.717, 1.165) is 6.54 Å². The van der Waals surface area contributed by atoms with Gasteiger partial charge in [-0.1, -0.05) is 13.3 Å². The van der Waals surface area contributed by atoms with Crippen molar-refractivity contribution in [1.29, 1.82) is 0 Å². The standard InChI is InChI=1S/C7H14N3.HI/c1-3-4-5-10-7-6-9(2)8-10;/h6-7H,3-5H2,1-2H3;1H/q+1;/p-1. The Balaban J connectivity index is 0.000001000. The number of halogens is 1. The molecule has 0 aliphatic carbocycles. The highest BCUT2D eigenvalue weighted by Gasteiger charge is 1.98. The average Bonchev–Trinajstić information content (AvgIpc) is 2.31. The molecule has 1 aromatic heterocycles. The highest BCUT2D eigenvalue weighted by molar-refractivity contribution is 4.56. The van der Waals surface area contributed by atoms with Gasteiger partial charge < -0.3 is 24.0 Å². The second-order valence-corrected chi connectivity index (χ2v) is 2.48. The number of hydrogen-bond donors (Lipinski definition) is 0. The zero-order valence-electron chi connectivity index (χ0n) is 7.00. The van der Waals surface area contributed by atoms with Gasteiger partial charge in [0.25, 0.3) is 0 Å². The van der Waals surface area contributed by atoms with Crippen LogP contribution in [0.15, 0.2) is 12.4 Å². The van der Waals surface area contributed by atoms with Crippen LogP contribution in [0.5, 0.6) is 0 Å². The van der Waals surface area contributed by atoms with E-state index < -0.39 is 0 Å². The molecule has 1 aromatic rings. The van der Waals surface area contributed by atoms with Crippen LogP contribution >= 0.6 is 0 Å². The Morgan fingerprint density at radius 2 is 2.27 bits per heavy atom. The Morgan fingerprint density at radius 1 is 1.55 bits per heavy atom. The topological polar surface area (TPSA) is 21.7 Å². The van der Waals surface area contributed by atoms with E-state index >= 15 is 0 Å². The zero-order valence-corrected chi connectivity index (χ0v) is 9.15. The number of hydrogen-bond acceptors (Lipinski definition) is 1. The molecule has 64 valence electrons. The minimum atomic E-state index is 0. The van der Waals surface area contributed by atoms with Crippen molar-refractivity contribution in [2.45, 2.75) is 26.3 Å². The first-order chi connectivity index (χ1) is 4.83. The SMILES string of the molecule is CCCCn1cc[n+](C)n1.[I-]. The highest BCUT2D eigenvalue weighted by atomic mass is 127. The lowest BCUT2D eigenvalue weighted by atomic mass is 10.3. The van der Waals surface area contributed by atoms with Crippen molar-refractivity contribution in [3.63, 3.8) is 0 Å². The maximum absolute atomic E-state index is 4.18. The summed E-state index contributed by atoms with van der Waals surface area (Å²) in [5, 5.41) is 4.18. The van der Waals surface area contributed by atoms with E-state index in [1.165, 1.54) is 12.8 Å². The van der Waals surface area contributed by atoms with Gasteiger partial charge in [-0.25, -0.2) is 0 Å². The van der Waals surface area contributed by atoms with Crippen LogP contribution in [0, 0.1) is 0 Å². The summed E-state index contributed by atoms with van der Waals surface area (Å²) < 4.78 is 3.78. The molecule has 1 heterocycles. The van der Waals surface area contributed by atoms with Gasteiger partial charge in [0, 0.05) is 0 Å². The van der Waals surface area contributed by atoms with E-state index in [2.05, 4.69) is 12.1 Å². The zero-order chi connectivity index (χ0) is 7.40. The molecule has 0 unspecified atom stereocenters. The van der Waals surface area contributed by atoms with Gasteiger partial charge in [-0.05, 0) is 6.42 Å². The fourth-order valence-electron chi connectivity index (χ4n) is 0.854. The third-order valence-corrected chi connectivity index (χ3v) is 1.45. The van der Waals surface area contributed by atoms with Crippen LogP contribution in [-0.4, -0.2) is 9.90 Å². The van der Waals surface area contributed by atoms with Gasteiger partial charge in [0.2, 0.25) is 0 Å². The summed E-state index contributed by atoms with van der Waals surface area (Å²) in [6.07, 6.45) is 6.39. The minimum absolute atomic E-state index is 0. The first-order valence-corrected chi connectivity index (χ1v) is 3.72. The maximum Gasteiger partial charge on any atom is 0.155 e. The first-order valence-electron chi connectivity index (χ1n) is 3.72. The molecule has 0 radical (unpaired) electrons. The smallest absolute Gasteiger partial charge is 0.155 e. The molecule has 0 aliphatic heterocycles. The van der Waals surface area contributed by atoms with E-state index in [1.807, 2.05) is 28.8 Å². The highest BCUT2D eigenvalue weighted by Crippen LogP contribution is 1.89. The van der Waals surface area contributed by atoms with Gasteiger partial charge in [-0.3, -0.25) is 0 Å². The molecular weight excluding hydrogens is 253 g/mol. The third-order valence-electron chi connectivity index (χ3n) is 1.45. The summed E-state index contributed by atoms with van der Waals surface area (Å²) in [6.45, 7) is 3.22. The molecule has 0 spiro atoms. The molecule has 0 saturated carbocycles. The molecule has 0 amide bonds. The lowest BCUT2D eigenvalue weighted by molar-refractivity contribution is -0.732. The Hall–Kier alpha value is -0.130. The van der Waals surface area contributed by atoms with Gasteiger partial charge in [-0.15, -0.1) is 9.36 Å². The minimum Gasteiger partial charge on any atom is -1.00 e. The number of aromatic nitrogens is 3. The van der Waals surface area contributed by atoms with Crippen LogP contribution in [-0.2, 0) is 13.6 Å². The van der Waals surface area contributed by atoms with E-state index in [4.69, 9.17) is 0 Å². The molecule has 0 atom stereocenters. The average molecular weight is 267 g/mol. The van der Waals surface area contributed by atoms with Crippen molar-refractivity contribution in [3.8, 4) is 0 Å². The lowest BCUT2D eigenvalue weighted by Gasteiger charge is -1.88. The van der Waals surface area contributed by atoms with Crippen LogP contribution in [0.4, 0.5) is 0 Å². The Bertz CT molecular complexity index is 197. The van der Waals surface area contributed by atoms with Gasteiger partial charge in [0.1, 0.15) is 13.6 Å². The second-order valence-electron chi connectivity index (χ2n) is 2.48. The Morgan fingerprint density at radius 3 is 2.73 bits per heavy atom. The van der Waals surface area contributed by atoms with E-state index in [0.29, 0.717) is 0 Å². The van der Waals surface area contributed by atoms with E-state index in [1.54, 1.807) is 0 Å². The lowest BCUT2D eigenvalue weighted by Crippen LogP contribution is -3.00. The van der Waals surface area contributed by atoms with Crippen molar-refractivity contribution in [3.05, 3.63) is 12.4 Å². The van der Waals surface area contributed by atoms with Crippen molar-refractivity contribution >= 4 is 0 Å². The third kappa shape index (κ3) is 3.69. The molecule has 0 N–H and O–H groups in total.